The number of amides is 1. The molecule has 1 amide bonds. The fourth-order valence-electron chi connectivity index (χ4n) is 7.90. The summed E-state index contributed by atoms with van der Waals surface area (Å²) >= 11 is 0. The maximum atomic E-state index is 14.6. The first-order valence-corrected chi connectivity index (χ1v) is 17.0. The molecule has 0 radical (unpaired) electrons. The lowest BCUT2D eigenvalue weighted by Gasteiger charge is -2.50. The summed E-state index contributed by atoms with van der Waals surface area (Å²) in [5.41, 5.74) is 3.91. The van der Waals surface area contributed by atoms with Gasteiger partial charge in [0.1, 0.15) is 17.1 Å². The fourth-order valence-corrected chi connectivity index (χ4v) is 7.90. The van der Waals surface area contributed by atoms with Gasteiger partial charge in [0.05, 0.1) is 18.9 Å². The summed E-state index contributed by atoms with van der Waals surface area (Å²) in [6.45, 7) is 18.6. The minimum Gasteiger partial charge on any atom is -0.374 e. The Balaban J connectivity index is 0.00000182. The highest BCUT2D eigenvalue weighted by Crippen LogP contribution is 2.55. The molecule has 4 fully saturated rings. The number of halogens is 2. The van der Waals surface area contributed by atoms with Crippen LogP contribution in [-0.2, 0) is 31.9 Å². The number of pyridine rings is 2. The summed E-state index contributed by atoms with van der Waals surface area (Å²) in [6.07, 6.45) is 3.39. The Morgan fingerprint density at radius 2 is 1.78 bits per heavy atom. The topological polar surface area (TPSA) is 74.3 Å². The number of piperazine rings is 1. The van der Waals surface area contributed by atoms with Gasteiger partial charge in [0.2, 0.25) is 5.91 Å². The highest BCUT2D eigenvalue weighted by Gasteiger charge is 2.59. The van der Waals surface area contributed by atoms with Crippen LogP contribution >= 0.6 is 0 Å². The monoisotopic (exact) mass is 638 g/mol. The number of fused-ring (bicyclic) bond motifs is 3. The van der Waals surface area contributed by atoms with Crippen molar-refractivity contribution in [3.8, 4) is 0 Å². The second-order valence-corrected chi connectivity index (χ2v) is 13.0. The number of aryl methyl sites for hydroxylation is 1. The van der Waals surface area contributed by atoms with Crippen LogP contribution in [0.2, 0.25) is 0 Å². The summed E-state index contributed by atoms with van der Waals surface area (Å²) in [5, 5.41) is 0. The Bertz CT molecular complexity index is 1430. The Morgan fingerprint density at radius 1 is 1.09 bits per heavy atom. The predicted molar refractivity (Wildman–Crippen MR) is 175 cm³/mol. The zero-order valence-electron chi connectivity index (χ0n) is 27.7. The molecule has 250 valence electrons. The molecule has 9 nitrogen and oxygen atoms in total. The minimum atomic E-state index is -2.64. The Hall–Kier alpha value is -3.15. The average molecular weight is 639 g/mol. The summed E-state index contributed by atoms with van der Waals surface area (Å²) in [7, 11) is 0. The van der Waals surface area contributed by atoms with Crippen LogP contribution in [0, 0.1) is 6.92 Å². The summed E-state index contributed by atoms with van der Waals surface area (Å²) in [4.78, 5) is 30.0. The highest BCUT2D eigenvalue weighted by molar-refractivity contribution is 5.87. The first-order chi connectivity index (χ1) is 22.3. The van der Waals surface area contributed by atoms with Crippen molar-refractivity contribution >= 4 is 17.4 Å². The van der Waals surface area contributed by atoms with Gasteiger partial charge in [-0.05, 0) is 43.9 Å². The molecule has 0 N–H and O–H groups in total. The van der Waals surface area contributed by atoms with E-state index >= 15 is 0 Å². The Morgan fingerprint density at radius 3 is 2.37 bits per heavy atom. The lowest BCUT2D eigenvalue weighted by atomic mass is 9.81. The van der Waals surface area contributed by atoms with Gasteiger partial charge in [-0.1, -0.05) is 33.8 Å². The van der Waals surface area contributed by atoms with Gasteiger partial charge in [0.15, 0.2) is 5.60 Å². The second kappa shape index (κ2) is 13.2. The summed E-state index contributed by atoms with van der Waals surface area (Å²) in [6, 6.07) is 4.43. The fraction of sp³-hybridized carbons (Fsp3) is 0.629. The molecule has 7 rings (SSSR count). The molecule has 0 aromatic carbocycles. The lowest BCUT2D eigenvalue weighted by Crippen LogP contribution is -2.63. The van der Waals surface area contributed by atoms with Crippen molar-refractivity contribution in [3.05, 3.63) is 59.1 Å². The minimum absolute atomic E-state index is 0.0244. The average Bonchev–Trinajstić information content (AvgIpc) is 3.34. The normalized spacial score (nSPS) is 21.9. The van der Waals surface area contributed by atoms with Crippen molar-refractivity contribution in [2.45, 2.75) is 77.0 Å². The van der Waals surface area contributed by atoms with Gasteiger partial charge in [-0.15, -0.1) is 0 Å². The number of hydrogen-bond acceptors (Lipinski definition) is 8. The van der Waals surface area contributed by atoms with Crippen molar-refractivity contribution in [1.82, 2.24) is 19.8 Å². The van der Waals surface area contributed by atoms with Crippen LogP contribution in [0.15, 0.2) is 31.0 Å². The number of aromatic nitrogens is 2. The molecule has 0 aliphatic carbocycles. The molecule has 2 spiro atoms. The van der Waals surface area contributed by atoms with Crippen LogP contribution in [0.1, 0.15) is 74.5 Å². The van der Waals surface area contributed by atoms with Crippen molar-refractivity contribution < 1.29 is 23.0 Å². The summed E-state index contributed by atoms with van der Waals surface area (Å²) in [5.74, 6) is 0.594. The van der Waals surface area contributed by atoms with E-state index in [0.717, 1.165) is 56.8 Å². The largest absolute Gasteiger partial charge is 0.374 e. The number of anilines is 2. The van der Waals surface area contributed by atoms with Gasteiger partial charge in [0.25, 0.3) is 6.43 Å². The maximum Gasteiger partial charge on any atom is 0.280 e. The van der Waals surface area contributed by atoms with Crippen molar-refractivity contribution in [2.24, 2.45) is 0 Å². The number of alkyl halides is 2. The lowest BCUT2D eigenvalue weighted by molar-refractivity contribution is -0.260. The first-order valence-electron chi connectivity index (χ1n) is 17.0. The molecule has 5 aliphatic heterocycles. The van der Waals surface area contributed by atoms with Crippen molar-refractivity contribution in [3.63, 3.8) is 0 Å². The first kappa shape index (κ1) is 32.8. The quantitative estimate of drug-likeness (QED) is 0.394. The zero-order chi connectivity index (χ0) is 32.6. The van der Waals surface area contributed by atoms with E-state index < -0.39 is 17.6 Å². The third-order valence-electron chi connectivity index (χ3n) is 10.3. The van der Waals surface area contributed by atoms with Crippen molar-refractivity contribution in [1.29, 1.82) is 0 Å². The third-order valence-corrected chi connectivity index (χ3v) is 10.3. The number of nitrogens with zero attached hydrogens (tertiary/aromatic N) is 6. The SMILES string of the molecule is C=CC(=O)N1CCN(C2CN(c3cc(N4CCC5(CC4)OC4(COC4)c4nccc(C)c45)nc(C(F)F)c3CCC)C2)CC1.CC. The van der Waals surface area contributed by atoms with E-state index in [1.165, 1.54) is 17.2 Å². The number of hydrogen-bond donors (Lipinski definition) is 0. The molecule has 2 aromatic heterocycles. The van der Waals surface area contributed by atoms with E-state index in [9.17, 15) is 13.6 Å². The van der Waals surface area contributed by atoms with E-state index in [-0.39, 0.29) is 11.6 Å². The molecule has 4 saturated heterocycles. The number of piperidine rings is 1. The van der Waals surface area contributed by atoms with Crippen molar-refractivity contribution in [2.75, 3.05) is 75.4 Å². The standard InChI is InChI=1S/C33H42F2N6O3.C2H6/c1-4-6-24-25(41-18-23(19-41)38-13-15-40(16-14-38)27(42)5-2)17-26(37-29(24)31(34)35)39-11-8-32(9-12-39)28-22(3)7-10-36-30(28)33(44-32)20-43-21-33;1-2/h5,7,10,17,23,31H,2,4,6,8-9,11-16,18-21H2,1,3H3;1-2H3. The zero-order valence-corrected chi connectivity index (χ0v) is 27.7. The van der Waals surface area contributed by atoms with Gasteiger partial charge in [0, 0.05) is 87.5 Å². The maximum absolute atomic E-state index is 14.6. The van der Waals surface area contributed by atoms with Gasteiger partial charge in [-0.3, -0.25) is 14.7 Å². The van der Waals surface area contributed by atoms with E-state index in [0.29, 0.717) is 63.2 Å². The van der Waals surface area contributed by atoms with E-state index in [1.807, 2.05) is 44.0 Å². The van der Waals surface area contributed by atoms with E-state index in [4.69, 9.17) is 14.5 Å². The van der Waals surface area contributed by atoms with E-state index in [2.05, 4.69) is 33.2 Å². The van der Waals surface area contributed by atoms with Crippen LogP contribution < -0.4 is 9.80 Å². The number of carbonyl (C=O) groups is 1. The second-order valence-electron chi connectivity index (χ2n) is 13.0. The van der Waals surface area contributed by atoms with Gasteiger partial charge < -0.3 is 24.2 Å². The summed E-state index contributed by atoms with van der Waals surface area (Å²) < 4.78 is 41.5. The van der Waals surface area contributed by atoms with Crippen LogP contribution in [0.4, 0.5) is 20.3 Å². The predicted octanol–water partition coefficient (Wildman–Crippen LogP) is 4.97. The van der Waals surface area contributed by atoms with Crippen LogP contribution in [0.25, 0.3) is 0 Å². The Labute approximate surface area is 271 Å². The molecule has 0 bridgehead atoms. The van der Waals surface area contributed by atoms with Crippen LogP contribution in [0.3, 0.4) is 0 Å². The molecule has 5 aliphatic rings. The molecule has 46 heavy (non-hydrogen) atoms. The Kier molecular flexibility index (Phi) is 9.38. The molecular weight excluding hydrogens is 590 g/mol. The smallest absolute Gasteiger partial charge is 0.280 e. The van der Waals surface area contributed by atoms with E-state index in [1.54, 1.807) is 0 Å². The molecule has 11 heteroatoms. The van der Waals surface area contributed by atoms with Gasteiger partial charge >= 0.3 is 0 Å². The van der Waals surface area contributed by atoms with Gasteiger partial charge in [-0.2, -0.15) is 0 Å². The molecule has 2 aromatic rings. The third kappa shape index (κ3) is 5.58. The number of rotatable bonds is 7. The molecule has 0 unspecified atom stereocenters. The van der Waals surface area contributed by atoms with Crippen LogP contribution in [-0.4, -0.2) is 97.3 Å². The molecule has 7 heterocycles. The molecular formula is C35H48F2N6O3. The molecule has 0 atom stereocenters. The van der Waals surface area contributed by atoms with Crippen LogP contribution in [0.5, 0.6) is 0 Å². The number of ether oxygens (including phenoxy) is 2. The highest BCUT2D eigenvalue weighted by atomic mass is 19.3. The number of carbonyl (C=O) groups excluding carboxylic acids is 1. The molecule has 0 saturated carbocycles. The van der Waals surface area contributed by atoms with Gasteiger partial charge in [-0.25, -0.2) is 13.8 Å².